The molecule has 1 unspecified atom stereocenters. The molecule has 0 radical (unpaired) electrons. The normalized spacial score (nSPS) is 13.9. The molecule has 43 heavy (non-hydrogen) atoms. The number of rotatable bonds is 14. The van der Waals surface area contributed by atoms with Gasteiger partial charge in [-0.25, -0.2) is 0 Å². The van der Waals surface area contributed by atoms with E-state index in [2.05, 4.69) is 4.98 Å². The molecule has 0 saturated carbocycles. The molecule has 4 aromatic rings. The Kier molecular flexibility index (Phi) is 10.2. The van der Waals surface area contributed by atoms with Crippen LogP contribution in [0.25, 0.3) is 11.1 Å². The van der Waals surface area contributed by atoms with Crippen LogP contribution in [0.1, 0.15) is 33.9 Å². The minimum atomic E-state index is -0.414. The number of anilines is 1. The van der Waals surface area contributed by atoms with Gasteiger partial charge in [0.2, 0.25) is 0 Å². The minimum absolute atomic E-state index is 0.101. The third-order valence-electron chi connectivity index (χ3n) is 7.46. The number of aromatic amines is 1. The first-order valence-corrected chi connectivity index (χ1v) is 14.5. The van der Waals surface area contributed by atoms with Gasteiger partial charge in [-0.2, -0.15) is 0 Å². The van der Waals surface area contributed by atoms with E-state index in [9.17, 15) is 9.59 Å². The van der Waals surface area contributed by atoms with Crippen LogP contribution in [-0.4, -0.2) is 57.6 Å². The lowest BCUT2D eigenvalue weighted by Crippen LogP contribution is -2.37. The van der Waals surface area contributed by atoms with E-state index in [-0.39, 0.29) is 17.5 Å². The summed E-state index contributed by atoms with van der Waals surface area (Å²) in [5, 5.41) is 0. The number of carbonyl (C=O) groups is 1. The Balaban J connectivity index is 1.31. The van der Waals surface area contributed by atoms with Crippen LogP contribution in [0.2, 0.25) is 0 Å². The Bertz CT molecular complexity index is 1550. The number of amides is 1. The SMILES string of the molecule is COc1cccc2c1CCC2N(C(=O)c1ccc[nH]c1=O)c1ccc(-c2ccc(OCCOCCOCCN)cc2)cc1. The molecule has 1 heterocycles. The highest BCUT2D eigenvalue weighted by atomic mass is 16.5. The number of hydrogen-bond acceptors (Lipinski definition) is 7. The van der Waals surface area contributed by atoms with Crippen molar-refractivity contribution in [3.05, 3.63) is 112 Å². The number of H-pyrrole nitrogens is 1. The van der Waals surface area contributed by atoms with Crippen molar-refractivity contribution in [1.29, 1.82) is 0 Å². The van der Waals surface area contributed by atoms with Gasteiger partial charge in [-0.1, -0.05) is 36.4 Å². The highest BCUT2D eigenvalue weighted by molar-refractivity contribution is 6.06. The monoisotopic (exact) mass is 583 g/mol. The van der Waals surface area contributed by atoms with Crippen LogP contribution in [-0.2, 0) is 15.9 Å². The zero-order valence-corrected chi connectivity index (χ0v) is 24.3. The molecule has 1 atom stereocenters. The number of fused-ring (bicyclic) bond motifs is 1. The fourth-order valence-corrected chi connectivity index (χ4v) is 5.40. The molecule has 5 rings (SSSR count). The number of nitrogens with zero attached hydrogens (tertiary/aromatic N) is 1. The van der Waals surface area contributed by atoms with Crippen LogP contribution in [0.3, 0.4) is 0 Å². The summed E-state index contributed by atoms with van der Waals surface area (Å²) >= 11 is 0. The number of carbonyl (C=O) groups excluding carboxylic acids is 1. The van der Waals surface area contributed by atoms with Gasteiger partial charge in [-0.3, -0.25) is 9.59 Å². The molecular formula is C34H37N3O6. The summed E-state index contributed by atoms with van der Waals surface area (Å²) in [4.78, 5) is 30.9. The average molecular weight is 584 g/mol. The van der Waals surface area contributed by atoms with Gasteiger partial charge >= 0.3 is 0 Å². The predicted octanol–water partition coefficient (Wildman–Crippen LogP) is 4.76. The summed E-state index contributed by atoms with van der Waals surface area (Å²) in [6, 6.07) is 24.6. The van der Waals surface area contributed by atoms with Gasteiger partial charge in [-0.05, 0) is 77.6 Å². The van der Waals surface area contributed by atoms with Crippen molar-refractivity contribution in [3.63, 3.8) is 0 Å². The molecule has 224 valence electrons. The molecule has 1 amide bonds. The number of pyridine rings is 1. The van der Waals surface area contributed by atoms with Crippen molar-refractivity contribution in [2.75, 3.05) is 51.6 Å². The van der Waals surface area contributed by atoms with Gasteiger partial charge in [0, 0.05) is 18.4 Å². The molecule has 9 heteroatoms. The Hall–Kier alpha value is -4.44. The van der Waals surface area contributed by atoms with Gasteiger partial charge in [0.1, 0.15) is 23.7 Å². The minimum Gasteiger partial charge on any atom is -0.496 e. The molecule has 1 aliphatic rings. The van der Waals surface area contributed by atoms with E-state index in [1.165, 1.54) is 6.20 Å². The summed E-state index contributed by atoms with van der Waals surface area (Å²) in [6.07, 6.45) is 3.03. The number of benzene rings is 3. The van der Waals surface area contributed by atoms with Crippen molar-refractivity contribution < 1.29 is 23.7 Å². The van der Waals surface area contributed by atoms with Crippen LogP contribution >= 0.6 is 0 Å². The second kappa shape index (κ2) is 14.6. The number of hydrogen-bond donors (Lipinski definition) is 2. The van der Waals surface area contributed by atoms with Crippen LogP contribution in [0.4, 0.5) is 5.69 Å². The van der Waals surface area contributed by atoms with Crippen LogP contribution < -0.4 is 25.7 Å². The Morgan fingerprint density at radius 3 is 2.28 bits per heavy atom. The predicted molar refractivity (Wildman–Crippen MR) is 166 cm³/mol. The maximum absolute atomic E-state index is 13.9. The number of methoxy groups -OCH3 is 1. The van der Waals surface area contributed by atoms with E-state index in [0.717, 1.165) is 46.6 Å². The van der Waals surface area contributed by atoms with Crippen molar-refractivity contribution in [2.45, 2.75) is 18.9 Å². The average Bonchev–Trinajstić information content (AvgIpc) is 3.47. The second-order valence-corrected chi connectivity index (χ2v) is 10.1. The summed E-state index contributed by atoms with van der Waals surface area (Å²) in [5.41, 5.74) is 9.93. The third-order valence-corrected chi connectivity index (χ3v) is 7.46. The quantitative estimate of drug-likeness (QED) is 0.206. The highest BCUT2D eigenvalue weighted by Crippen LogP contribution is 2.42. The second-order valence-electron chi connectivity index (χ2n) is 10.1. The zero-order chi connectivity index (χ0) is 30.0. The molecule has 0 bridgehead atoms. The smallest absolute Gasteiger partial charge is 0.264 e. The van der Waals surface area contributed by atoms with Gasteiger partial charge < -0.3 is 34.6 Å². The molecule has 3 aromatic carbocycles. The summed E-state index contributed by atoms with van der Waals surface area (Å²) in [6.45, 7) is 2.97. The van der Waals surface area contributed by atoms with E-state index in [1.54, 1.807) is 24.1 Å². The topological polar surface area (TPSA) is 116 Å². The van der Waals surface area contributed by atoms with Crippen LogP contribution in [0.5, 0.6) is 11.5 Å². The zero-order valence-electron chi connectivity index (χ0n) is 24.3. The molecule has 0 saturated heterocycles. The maximum atomic E-state index is 13.9. The van der Waals surface area contributed by atoms with Crippen molar-refractivity contribution in [3.8, 4) is 22.6 Å². The summed E-state index contributed by atoms with van der Waals surface area (Å²) in [5.74, 6) is 1.22. The van der Waals surface area contributed by atoms with Gasteiger partial charge in [0.05, 0.1) is 39.6 Å². The van der Waals surface area contributed by atoms with Crippen LogP contribution in [0, 0.1) is 0 Å². The Morgan fingerprint density at radius 1 is 0.884 bits per heavy atom. The van der Waals surface area contributed by atoms with Crippen molar-refractivity contribution >= 4 is 11.6 Å². The number of nitrogens with one attached hydrogen (secondary N) is 1. The van der Waals surface area contributed by atoms with Crippen molar-refractivity contribution in [2.24, 2.45) is 5.73 Å². The first-order valence-electron chi connectivity index (χ1n) is 14.5. The number of ether oxygens (including phenoxy) is 4. The lowest BCUT2D eigenvalue weighted by molar-refractivity contribution is 0.0388. The van der Waals surface area contributed by atoms with Crippen LogP contribution in [0.15, 0.2) is 89.9 Å². The van der Waals surface area contributed by atoms with E-state index < -0.39 is 5.56 Å². The van der Waals surface area contributed by atoms with E-state index in [1.807, 2.05) is 66.7 Å². The Labute approximate surface area is 251 Å². The first-order chi connectivity index (χ1) is 21.1. The molecule has 9 nitrogen and oxygen atoms in total. The molecule has 0 fully saturated rings. The Morgan fingerprint density at radius 2 is 1.58 bits per heavy atom. The lowest BCUT2D eigenvalue weighted by Gasteiger charge is -2.30. The molecular weight excluding hydrogens is 546 g/mol. The first kappa shape index (κ1) is 30.0. The lowest BCUT2D eigenvalue weighted by atomic mass is 10.0. The van der Waals surface area contributed by atoms with Gasteiger partial charge in [0.25, 0.3) is 11.5 Å². The van der Waals surface area contributed by atoms with Gasteiger partial charge in [-0.15, -0.1) is 0 Å². The number of nitrogens with two attached hydrogens (primary N) is 1. The van der Waals surface area contributed by atoms with E-state index >= 15 is 0 Å². The molecule has 1 aromatic heterocycles. The summed E-state index contributed by atoms with van der Waals surface area (Å²) in [7, 11) is 1.66. The molecule has 0 spiro atoms. The highest BCUT2D eigenvalue weighted by Gasteiger charge is 2.35. The fraction of sp³-hybridized carbons (Fsp3) is 0.294. The van der Waals surface area contributed by atoms with E-state index in [0.29, 0.717) is 45.3 Å². The molecule has 3 N–H and O–H groups in total. The maximum Gasteiger partial charge on any atom is 0.264 e. The largest absolute Gasteiger partial charge is 0.496 e. The van der Waals surface area contributed by atoms with E-state index in [4.69, 9.17) is 24.7 Å². The van der Waals surface area contributed by atoms with Crippen molar-refractivity contribution in [1.82, 2.24) is 4.98 Å². The fourth-order valence-electron chi connectivity index (χ4n) is 5.40. The third kappa shape index (κ3) is 7.14. The number of aromatic nitrogens is 1. The molecule has 1 aliphatic carbocycles. The summed E-state index contributed by atoms with van der Waals surface area (Å²) < 4.78 is 22.2. The standard InChI is InChI=1S/C34H37N3O6/c1-40-32-6-2-4-28-29(32)15-16-31(28)37(34(39)30-5-3-18-36-33(30)38)26-11-7-24(8-12-26)25-9-13-27(14-10-25)43-23-22-42-21-20-41-19-17-35/h2-14,18,31H,15-17,19-23,35H2,1H3,(H,36,38). The van der Waals surface area contributed by atoms with Gasteiger partial charge in [0.15, 0.2) is 0 Å². The molecule has 0 aliphatic heterocycles.